The molecule has 3 aromatic rings. The van der Waals surface area contributed by atoms with Gasteiger partial charge in [-0.1, -0.05) is 20.8 Å². The molecule has 1 aromatic heterocycles. The molecule has 1 saturated heterocycles. The molecule has 1 aliphatic rings. The van der Waals surface area contributed by atoms with Gasteiger partial charge in [0.2, 0.25) is 0 Å². The Kier molecular flexibility index (Phi) is 10.1. The van der Waals surface area contributed by atoms with Crippen molar-refractivity contribution in [1.82, 2.24) is 15.2 Å². The molecule has 4 rings (SSSR count). The van der Waals surface area contributed by atoms with Gasteiger partial charge in [-0.2, -0.15) is 0 Å². The van der Waals surface area contributed by atoms with Crippen LogP contribution in [0.3, 0.4) is 0 Å². The van der Waals surface area contributed by atoms with Crippen molar-refractivity contribution in [2.24, 2.45) is 11.3 Å². The zero-order chi connectivity index (χ0) is 28.5. The van der Waals surface area contributed by atoms with E-state index in [4.69, 9.17) is 14.2 Å². The molecule has 0 bridgehead atoms. The Hall–Kier alpha value is -3.56. The van der Waals surface area contributed by atoms with E-state index in [2.05, 4.69) is 41.3 Å². The lowest BCUT2D eigenvalue weighted by Crippen LogP contribution is -2.37. The standard InChI is InChI=1S/C31H42N4O5/c1-31(2,3)12-14-33-30(37)34-23-5-7-24(8-6-23)40-27-9-13-32-26-20-29(28(38-4)19-25(26)27)39-18-17-35-15-10-22(21-36)11-16-35/h5-9,13,19-20,22,36H,10-12,14-18,21H2,1-4H3,(H2,33,34,37). The third-order valence-corrected chi connectivity index (χ3v) is 7.12. The van der Waals surface area contributed by atoms with Gasteiger partial charge < -0.3 is 30.0 Å². The van der Waals surface area contributed by atoms with Crippen molar-refractivity contribution in [3.8, 4) is 23.0 Å². The number of amides is 2. The number of aromatic nitrogens is 1. The summed E-state index contributed by atoms with van der Waals surface area (Å²) in [5.41, 5.74) is 1.59. The number of carbonyl (C=O) groups is 1. The number of methoxy groups -OCH3 is 1. The lowest BCUT2D eigenvalue weighted by Gasteiger charge is -2.30. The zero-order valence-corrected chi connectivity index (χ0v) is 24.0. The molecular formula is C31H42N4O5. The molecule has 2 heterocycles. The number of aliphatic hydroxyl groups is 1. The van der Waals surface area contributed by atoms with Crippen LogP contribution >= 0.6 is 0 Å². The fourth-order valence-corrected chi connectivity index (χ4v) is 4.63. The Morgan fingerprint density at radius 3 is 2.50 bits per heavy atom. The second-order valence-electron chi connectivity index (χ2n) is 11.5. The number of fused-ring (bicyclic) bond motifs is 1. The summed E-state index contributed by atoms with van der Waals surface area (Å²) < 4.78 is 17.9. The number of carbonyl (C=O) groups excluding carboxylic acids is 1. The first-order valence-electron chi connectivity index (χ1n) is 14.0. The quantitative estimate of drug-likeness (QED) is 0.282. The molecule has 0 aliphatic carbocycles. The fourth-order valence-electron chi connectivity index (χ4n) is 4.63. The molecule has 0 saturated carbocycles. The summed E-state index contributed by atoms with van der Waals surface area (Å²) in [5, 5.41) is 15.9. The summed E-state index contributed by atoms with van der Waals surface area (Å²) in [6.45, 7) is 10.6. The molecule has 0 atom stereocenters. The van der Waals surface area contributed by atoms with Gasteiger partial charge in [-0.15, -0.1) is 0 Å². The van der Waals surface area contributed by atoms with Crippen LogP contribution in [0.2, 0.25) is 0 Å². The largest absolute Gasteiger partial charge is 0.493 e. The van der Waals surface area contributed by atoms with E-state index < -0.39 is 0 Å². The molecule has 40 heavy (non-hydrogen) atoms. The van der Waals surface area contributed by atoms with Gasteiger partial charge >= 0.3 is 6.03 Å². The van der Waals surface area contributed by atoms with Crippen LogP contribution in [-0.4, -0.2) is 67.5 Å². The van der Waals surface area contributed by atoms with Crippen LogP contribution in [0.15, 0.2) is 48.7 Å². The van der Waals surface area contributed by atoms with Crippen molar-refractivity contribution in [2.45, 2.75) is 40.0 Å². The van der Waals surface area contributed by atoms with Gasteiger partial charge in [0.05, 0.1) is 12.6 Å². The topological polar surface area (TPSA) is 105 Å². The van der Waals surface area contributed by atoms with E-state index in [1.807, 2.05) is 30.3 Å². The lowest BCUT2D eigenvalue weighted by atomic mass is 9.92. The number of hydrogen-bond acceptors (Lipinski definition) is 7. The van der Waals surface area contributed by atoms with E-state index in [0.717, 1.165) is 49.8 Å². The molecular weight excluding hydrogens is 508 g/mol. The summed E-state index contributed by atoms with van der Waals surface area (Å²) in [6.07, 6.45) is 4.65. The average molecular weight is 551 g/mol. The molecule has 2 aromatic carbocycles. The number of pyridine rings is 1. The van der Waals surface area contributed by atoms with Crippen LogP contribution in [-0.2, 0) is 0 Å². The van der Waals surface area contributed by atoms with Crippen LogP contribution in [0.4, 0.5) is 10.5 Å². The molecule has 9 nitrogen and oxygen atoms in total. The summed E-state index contributed by atoms with van der Waals surface area (Å²) >= 11 is 0. The van der Waals surface area contributed by atoms with Crippen molar-refractivity contribution in [3.05, 3.63) is 48.7 Å². The minimum Gasteiger partial charge on any atom is -0.493 e. The lowest BCUT2D eigenvalue weighted by molar-refractivity contribution is 0.118. The second kappa shape index (κ2) is 13.7. The molecule has 1 aliphatic heterocycles. The highest BCUT2D eigenvalue weighted by Gasteiger charge is 2.19. The maximum absolute atomic E-state index is 12.2. The van der Waals surface area contributed by atoms with Crippen LogP contribution < -0.4 is 24.8 Å². The first-order chi connectivity index (χ1) is 19.2. The van der Waals surface area contributed by atoms with Gasteiger partial charge in [-0.05, 0) is 80.1 Å². The average Bonchev–Trinajstić information content (AvgIpc) is 2.93. The minimum atomic E-state index is -0.227. The number of nitrogens with zero attached hydrogens (tertiary/aromatic N) is 2. The van der Waals surface area contributed by atoms with Crippen molar-refractivity contribution < 1.29 is 24.1 Å². The normalized spacial score (nSPS) is 14.6. The third kappa shape index (κ3) is 8.47. The number of rotatable bonds is 11. The van der Waals surface area contributed by atoms with Gasteiger partial charge in [0, 0.05) is 43.0 Å². The maximum Gasteiger partial charge on any atom is 0.319 e. The molecule has 0 unspecified atom stereocenters. The second-order valence-corrected chi connectivity index (χ2v) is 11.5. The Labute approximate surface area is 236 Å². The number of nitrogens with one attached hydrogen (secondary N) is 2. The summed E-state index contributed by atoms with van der Waals surface area (Å²) in [5.74, 6) is 2.95. The van der Waals surface area contributed by atoms with Gasteiger partial charge in [-0.3, -0.25) is 9.88 Å². The molecule has 0 radical (unpaired) electrons. The molecule has 1 fully saturated rings. The number of hydrogen-bond donors (Lipinski definition) is 3. The van der Waals surface area contributed by atoms with Crippen molar-refractivity contribution in [2.75, 3.05) is 51.8 Å². The van der Waals surface area contributed by atoms with E-state index >= 15 is 0 Å². The van der Waals surface area contributed by atoms with E-state index in [0.29, 0.717) is 47.8 Å². The third-order valence-electron chi connectivity index (χ3n) is 7.12. The predicted molar refractivity (Wildman–Crippen MR) is 158 cm³/mol. The molecule has 3 N–H and O–H groups in total. The highest BCUT2D eigenvalue weighted by Crippen LogP contribution is 2.37. The van der Waals surface area contributed by atoms with Gasteiger partial charge in [0.1, 0.15) is 18.1 Å². The Morgan fingerprint density at radius 2 is 1.82 bits per heavy atom. The highest BCUT2D eigenvalue weighted by molar-refractivity contribution is 5.89. The van der Waals surface area contributed by atoms with Gasteiger partial charge in [0.25, 0.3) is 0 Å². The van der Waals surface area contributed by atoms with Crippen molar-refractivity contribution in [3.63, 3.8) is 0 Å². The van der Waals surface area contributed by atoms with E-state index in [9.17, 15) is 9.90 Å². The highest BCUT2D eigenvalue weighted by atomic mass is 16.5. The van der Waals surface area contributed by atoms with Crippen LogP contribution in [0.5, 0.6) is 23.0 Å². The zero-order valence-electron chi connectivity index (χ0n) is 24.0. The maximum atomic E-state index is 12.2. The number of urea groups is 1. The van der Waals surface area contributed by atoms with Crippen LogP contribution in [0.1, 0.15) is 40.0 Å². The minimum absolute atomic E-state index is 0.168. The smallest absolute Gasteiger partial charge is 0.319 e. The predicted octanol–water partition coefficient (Wildman–Crippen LogP) is 5.68. The number of benzene rings is 2. The summed E-state index contributed by atoms with van der Waals surface area (Å²) in [6, 6.07) is 12.6. The number of anilines is 1. The monoisotopic (exact) mass is 550 g/mol. The number of piperidine rings is 1. The van der Waals surface area contributed by atoms with Crippen molar-refractivity contribution in [1.29, 1.82) is 0 Å². The fraction of sp³-hybridized carbons (Fsp3) is 0.484. The van der Waals surface area contributed by atoms with Gasteiger partial charge in [0.15, 0.2) is 11.5 Å². The molecule has 216 valence electrons. The van der Waals surface area contributed by atoms with E-state index in [-0.39, 0.29) is 18.1 Å². The Balaban J connectivity index is 1.36. The first-order valence-corrected chi connectivity index (χ1v) is 14.0. The Bertz CT molecular complexity index is 1250. The summed E-state index contributed by atoms with van der Waals surface area (Å²) in [4.78, 5) is 19.1. The first kappa shape index (κ1) is 29.4. The van der Waals surface area contributed by atoms with Crippen LogP contribution in [0, 0.1) is 11.3 Å². The number of likely N-dealkylation sites (tertiary alicyclic amines) is 1. The van der Waals surface area contributed by atoms with Crippen LogP contribution in [0.25, 0.3) is 10.9 Å². The molecule has 9 heteroatoms. The molecule has 2 amide bonds. The van der Waals surface area contributed by atoms with E-state index in [1.165, 1.54) is 0 Å². The van der Waals surface area contributed by atoms with Crippen molar-refractivity contribution >= 4 is 22.6 Å². The van der Waals surface area contributed by atoms with Gasteiger partial charge in [-0.25, -0.2) is 4.79 Å². The molecule has 0 spiro atoms. The summed E-state index contributed by atoms with van der Waals surface area (Å²) in [7, 11) is 1.62. The Morgan fingerprint density at radius 1 is 1.07 bits per heavy atom. The number of aliphatic hydroxyl groups excluding tert-OH is 1. The SMILES string of the molecule is COc1cc2c(Oc3ccc(NC(=O)NCCC(C)(C)C)cc3)ccnc2cc1OCCN1CCC(CO)CC1. The van der Waals surface area contributed by atoms with E-state index in [1.54, 1.807) is 25.4 Å². The number of ether oxygens (including phenoxy) is 3.